The van der Waals surface area contributed by atoms with Crippen molar-refractivity contribution in [3.63, 3.8) is 0 Å². The molecule has 0 saturated heterocycles. The van der Waals surface area contributed by atoms with Crippen LogP contribution in [0.4, 0.5) is 0 Å². The van der Waals surface area contributed by atoms with Crippen LogP contribution >= 0.6 is 22.7 Å². The molecule has 2 aromatic heterocycles. The minimum Gasteiger partial charge on any atom is -0.224 e. The van der Waals surface area contributed by atoms with Gasteiger partial charge in [-0.2, -0.15) is 0 Å². The summed E-state index contributed by atoms with van der Waals surface area (Å²) in [5, 5.41) is 5.01. The summed E-state index contributed by atoms with van der Waals surface area (Å²) < 4.78 is 24.2. The standard InChI is InChI=1S/C7H7NO2S3/c1-4-2-5-6(11-4)3-7(12-5)13(8,9)10/h2-3H,1H3,(H2,8,9,10). The van der Waals surface area contributed by atoms with Crippen molar-refractivity contribution in [1.29, 1.82) is 0 Å². The molecular formula is C7H7NO2S3. The lowest BCUT2D eigenvalue weighted by atomic mass is 10.5. The second kappa shape index (κ2) is 2.78. The molecule has 0 bridgehead atoms. The van der Waals surface area contributed by atoms with Gasteiger partial charge in [0, 0.05) is 14.3 Å². The van der Waals surface area contributed by atoms with Gasteiger partial charge < -0.3 is 0 Å². The van der Waals surface area contributed by atoms with Gasteiger partial charge in [0.15, 0.2) is 0 Å². The zero-order chi connectivity index (χ0) is 9.64. The third-order valence-corrected chi connectivity index (χ3v) is 5.22. The highest BCUT2D eigenvalue weighted by Gasteiger charge is 2.13. The Hall–Kier alpha value is -0.430. The lowest BCUT2D eigenvalue weighted by Crippen LogP contribution is -2.09. The number of sulfonamides is 1. The summed E-state index contributed by atoms with van der Waals surface area (Å²) in [6.07, 6.45) is 0. The Morgan fingerprint density at radius 1 is 1.23 bits per heavy atom. The van der Waals surface area contributed by atoms with Crippen LogP contribution in [0, 0.1) is 6.92 Å². The van der Waals surface area contributed by atoms with Crippen LogP contribution in [0.15, 0.2) is 16.3 Å². The number of rotatable bonds is 1. The molecule has 0 unspecified atom stereocenters. The molecule has 2 rings (SSSR count). The molecule has 2 N–H and O–H groups in total. The highest BCUT2D eigenvalue weighted by molar-refractivity contribution is 7.91. The van der Waals surface area contributed by atoms with E-state index in [1.807, 2.05) is 13.0 Å². The average Bonchev–Trinajstić information content (AvgIpc) is 2.40. The van der Waals surface area contributed by atoms with Crippen molar-refractivity contribution in [1.82, 2.24) is 0 Å². The van der Waals surface area contributed by atoms with E-state index in [4.69, 9.17) is 5.14 Å². The SMILES string of the molecule is Cc1cc2sc(S(N)(=O)=O)cc2s1. The average molecular weight is 233 g/mol. The van der Waals surface area contributed by atoms with Gasteiger partial charge in [0.2, 0.25) is 10.0 Å². The lowest BCUT2D eigenvalue weighted by Gasteiger charge is -1.87. The normalized spacial score (nSPS) is 12.5. The van der Waals surface area contributed by atoms with Crippen LogP contribution in [0.1, 0.15) is 4.88 Å². The van der Waals surface area contributed by atoms with Crippen LogP contribution in [0.2, 0.25) is 0 Å². The monoisotopic (exact) mass is 233 g/mol. The predicted octanol–water partition coefficient (Wildman–Crippen LogP) is 1.92. The second-order valence-electron chi connectivity index (χ2n) is 2.70. The van der Waals surface area contributed by atoms with E-state index in [9.17, 15) is 8.42 Å². The van der Waals surface area contributed by atoms with E-state index in [-0.39, 0.29) is 4.21 Å². The fraction of sp³-hybridized carbons (Fsp3) is 0.143. The predicted molar refractivity (Wildman–Crippen MR) is 55.8 cm³/mol. The Labute approximate surface area is 83.9 Å². The Morgan fingerprint density at radius 3 is 2.38 bits per heavy atom. The van der Waals surface area contributed by atoms with E-state index in [1.54, 1.807) is 17.4 Å². The molecular weight excluding hydrogens is 226 g/mol. The van der Waals surface area contributed by atoms with E-state index in [0.29, 0.717) is 0 Å². The molecule has 0 aliphatic carbocycles. The number of hydrogen-bond acceptors (Lipinski definition) is 4. The summed E-state index contributed by atoms with van der Waals surface area (Å²) >= 11 is 2.80. The Balaban J connectivity index is 2.71. The van der Waals surface area contributed by atoms with E-state index in [0.717, 1.165) is 9.40 Å². The molecule has 2 aromatic rings. The second-order valence-corrected chi connectivity index (χ2v) is 6.86. The van der Waals surface area contributed by atoms with Crippen LogP contribution in [0.25, 0.3) is 9.40 Å². The zero-order valence-electron chi connectivity index (χ0n) is 6.77. The minimum atomic E-state index is -3.52. The maximum absolute atomic E-state index is 11.0. The third-order valence-electron chi connectivity index (χ3n) is 1.59. The van der Waals surface area contributed by atoms with Crippen molar-refractivity contribution < 1.29 is 8.42 Å². The molecule has 0 amide bonds. The van der Waals surface area contributed by atoms with Crippen molar-refractivity contribution in [3.05, 3.63) is 17.0 Å². The number of hydrogen-bond donors (Lipinski definition) is 1. The molecule has 70 valence electrons. The van der Waals surface area contributed by atoms with Gasteiger partial charge >= 0.3 is 0 Å². The molecule has 0 radical (unpaired) electrons. The Morgan fingerprint density at radius 2 is 1.85 bits per heavy atom. The first-order chi connectivity index (χ1) is 5.97. The Bertz CT molecular complexity index is 518. The van der Waals surface area contributed by atoms with E-state index < -0.39 is 10.0 Å². The minimum absolute atomic E-state index is 0.244. The molecule has 0 aliphatic rings. The smallest absolute Gasteiger partial charge is 0.224 e. The number of primary sulfonamides is 1. The molecule has 0 aliphatic heterocycles. The third kappa shape index (κ3) is 1.62. The highest BCUT2D eigenvalue weighted by Crippen LogP contribution is 2.34. The molecule has 0 atom stereocenters. The molecule has 2 heterocycles. The largest absolute Gasteiger partial charge is 0.247 e. The molecule has 6 heteroatoms. The van der Waals surface area contributed by atoms with E-state index >= 15 is 0 Å². The Kier molecular flexibility index (Phi) is 1.95. The molecule has 0 fully saturated rings. The van der Waals surface area contributed by atoms with Gasteiger partial charge in [0.1, 0.15) is 4.21 Å². The summed E-state index contributed by atoms with van der Waals surface area (Å²) in [7, 11) is -3.52. The van der Waals surface area contributed by atoms with Gasteiger partial charge in [-0.15, -0.1) is 22.7 Å². The first kappa shape index (κ1) is 9.14. The fourth-order valence-corrected chi connectivity index (χ4v) is 4.21. The van der Waals surface area contributed by atoms with Gasteiger partial charge in [0.05, 0.1) is 0 Å². The van der Waals surface area contributed by atoms with Gasteiger partial charge in [-0.1, -0.05) is 0 Å². The quantitative estimate of drug-likeness (QED) is 0.818. The summed E-state index contributed by atoms with van der Waals surface area (Å²) in [5.41, 5.74) is 0. The summed E-state index contributed by atoms with van der Waals surface area (Å²) in [6.45, 7) is 1.99. The molecule has 3 nitrogen and oxygen atoms in total. The van der Waals surface area contributed by atoms with E-state index in [1.165, 1.54) is 16.2 Å². The van der Waals surface area contributed by atoms with Gasteiger partial charge in [-0.3, -0.25) is 0 Å². The van der Waals surface area contributed by atoms with Crippen LogP contribution in [0.3, 0.4) is 0 Å². The number of nitrogens with two attached hydrogens (primary N) is 1. The number of aryl methyl sites for hydroxylation is 1. The van der Waals surface area contributed by atoms with Crippen molar-refractivity contribution in [2.45, 2.75) is 11.1 Å². The maximum atomic E-state index is 11.0. The topological polar surface area (TPSA) is 60.2 Å². The van der Waals surface area contributed by atoms with Crippen LogP contribution < -0.4 is 5.14 Å². The van der Waals surface area contributed by atoms with Crippen LogP contribution in [-0.2, 0) is 10.0 Å². The maximum Gasteiger partial charge on any atom is 0.247 e. The summed E-state index contributed by atoms with van der Waals surface area (Å²) in [6, 6.07) is 3.60. The molecule has 0 saturated carbocycles. The summed E-state index contributed by atoms with van der Waals surface area (Å²) in [5.74, 6) is 0. The molecule has 0 spiro atoms. The number of thiophene rings is 2. The van der Waals surface area contributed by atoms with Crippen LogP contribution in [-0.4, -0.2) is 8.42 Å². The van der Waals surface area contributed by atoms with Crippen molar-refractivity contribution in [2.75, 3.05) is 0 Å². The first-order valence-corrected chi connectivity index (χ1v) is 6.67. The lowest BCUT2D eigenvalue weighted by molar-refractivity contribution is 0.600. The van der Waals surface area contributed by atoms with Crippen molar-refractivity contribution in [3.8, 4) is 0 Å². The van der Waals surface area contributed by atoms with E-state index in [2.05, 4.69) is 0 Å². The van der Waals surface area contributed by atoms with Gasteiger partial charge in [-0.25, -0.2) is 13.6 Å². The van der Waals surface area contributed by atoms with Gasteiger partial charge in [-0.05, 0) is 19.1 Å². The molecule has 0 aromatic carbocycles. The van der Waals surface area contributed by atoms with Crippen molar-refractivity contribution >= 4 is 42.1 Å². The van der Waals surface area contributed by atoms with Crippen molar-refractivity contribution in [2.24, 2.45) is 5.14 Å². The zero-order valence-corrected chi connectivity index (χ0v) is 9.22. The number of fused-ring (bicyclic) bond motifs is 1. The fourth-order valence-electron chi connectivity index (χ4n) is 1.07. The molecule has 13 heavy (non-hydrogen) atoms. The van der Waals surface area contributed by atoms with Gasteiger partial charge in [0.25, 0.3) is 0 Å². The highest BCUT2D eigenvalue weighted by atomic mass is 32.2. The van der Waals surface area contributed by atoms with Crippen LogP contribution in [0.5, 0.6) is 0 Å². The summed E-state index contributed by atoms with van der Waals surface area (Å²) in [4.78, 5) is 1.18. The first-order valence-electron chi connectivity index (χ1n) is 3.49.